The van der Waals surface area contributed by atoms with Gasteiger partial charge in [0.05, 0.1) is 6.04 Å². The van der Waals surface area contributed by atoms with Crippen LogP contribution >= 0.6 is 23.2 Å². The van der Waals surface area contributed by atoms with Gasteiger partial charge in [0, 0.05) is 40.4 Å². The van der Waals surface area contributed by atoms with Crippen molar-refractivity contribution in [2.75, 3.05) is 13.1 Å². The molecule has 3 atom stereocenters. The molecule has 2 heterocycles. The first kappa shape index (κ1) is 20.8. The molecule has 0 radical (unpaired) electrons. The molecule has 1 aliphatic heterocycles. The van der Waals surface area contributed by atoms with E-state index in [1.807, 2.05) is 54.8 Å². The van der Waals surface area contributed by atoms with Gasteiger partial charge < -0.3 is 10.5 Å². The Labute approximate surface area is 191 Å². The van der Waals surface area contributed by atoms with Gasteiger partial charge in [-0.2, -0.15) is 0 Å². The van der Waals surface area contributed by atoms with Crippen molar-refractivity contribution in [2.45, 2.75) is 44.9 Å². The zero-order chi connectivity index (χ0) is 21.7. The number of aryl methyl sites for hydroxylation is 2. The zero-order valence-electron chi connectivity index (χ0n) is 17.6. The molecule has 8 heteroatoms. The first-order valence-corrected chi connectivity index (χ1v) is 11.3. The molecule has 31 heavy (non-hydrogen) atoms. The van der Waals surface area contributed by atoms with Crippen LogP contribution in [0.4, 0.5) is 0 Å². The number of ether oxygens (including phenoxy) is 1. The minimum atomic E-state index is -0.152. The largest absolute Gasteiger partial charge is 0.484 e. The Kier molecular flexibility index (Phi) is 5.42. The number of nitrogens with two attached hydrogens (primary N) is 1. The van der Waals surface area contributed by atoms with Crippen LogP contribution in [0.2, 0.25) is 10.0 Å². The van der Waals surface area contributed by atoms with E-state index in [0.717, 1.165) is 60.1 Å². The highest BCUT2D eigenvalue weighted by Crippen LogP contribution is 2.43. The highest BCUT2D eigenvalue weighted by Gasteiger charge is 2.41. The zero-order valence-corrected chi connectivity index (χ0v) is 19.1. The summed E-state index contributed by atoms with van der Waals surface area (Å²) in [5.41, 5.74) is 9.39. The van der Waals surface area contributed by atoms with Gasteiger partial charge in [0.25, 0.3) is 0 Å². The van der Waals surface area contributed by atoms with Crippen LogP contribution < -0.4 is 10.5 Å². The van der Waals surface area contributed by atoms with Crippen molar-refractivity contribution in [3.63, 3.8) is 0 Å². The number of nitrogens with zero attached hydrogens (tertiary/aromatic N) is 4. The van der Waals surface area contributed by atoms with Crippen LogP contribution in [0.15, 0.2) is 36.4 Å². The maximum absolute atomic E-state index is 6.56. The summed E-state index contributed by atoms with van der Waals surface area (Å²) < 4.78 is 8.58. The lowest BCUT2D eigenvalue weighted by Gasteiger charge is -2.30. The highest BCUT2D eigenvalue weighted by atomic mass is 35.5. The van der Waals surface area contributed by atoms with E-state index in [-0.39, 0.29) is 18.2 Å². The molecule has 1 aliphatic carbocycles. The molecule has 162 valence electrons. The van der Waals surface area contributed by atoms with Gasteiger partial charge in [0.15, 0.2) is 0 Å². The fraction of sp³-hybridized carbons (Fsp3) is 0.391. The lowest BCUT2D eigenvalue weighted by Crippen LogP contribution is -2.40. The summed E-state index contributed by atoms with van der Waals surface area (Å²) in [6.07, 6.45) is 1.68. The number of aromatic nitrogens is 3. The minimum Gasteiger partial charge on any atom is -0.484 e. The van der Waals surface area contributed by atoms with E-state index in [0.29, 0.717) is 10.0 Å². The Bertz CT molecular complexity index is 1090. The van der Waals surface area contributed by atoms with E-state index in [2.05, 4.69) is 15.1 Å². The Morgan fingerprint density at radius 3 is 2.42 bits per heavy atom. The molecule has 3 aromatic rings. The third-order valence-corrected chi connectivity index (χ3v) is 6.89. The van der Waals surface area contributed by atoms with Gasteiger partial charge in [-0.05, 0) is 68.7 Å². The van der Waals surface area contributed by atoms with E-state index in [9.17, 15) is 0 Å². The van der Waals surface area contributed by atoms with Crippen LogP contribution in [-0.2, 0) is 6.42 Å². The molecule has 2 N–H and O–H groups in total. The molecule has 2 aromatic carbocycles. The van der Waals surface area contributed by atoms with Crippen molar-refractivity contribution >= 4 is 23.2 Å². The Balaban J connectivity index is 1.46. The van der Waals surface area contributed by atoms with Gasteiger partial charge in [-0.1, -0.05) is 23.2 Å². The maximum atomic E-state index is 6.56. The summed E-state index contributed by atoms with van der Waals surface area (Å²) in [5, 5.41) is 9.62. The molecule has 6 nitrogen and oxygen atoms in total. The van der Waals surface area contributed by atoms with Crippen molar-refractivity contribution in [3.8, 4) is 11.4 Å². The molecule has 0 amide bonds. The lowest BCUT2D eigenvalue weighted by molar-refractivity contribution is 0.0933. The predicted octanol–water partition coefficient (Wildman–Crippen LogP) is 4.27. The number of hydrogen-bond donors (Lipinski definition) is 1. The molecule has 1 saturated heterocycles. The van der Waals surface area contributed by atoms with Gasteiger partial charge in [-0.25, -0.2) is 0 Å². The fourth-order valence-corrected chi connectivity index (χ4v) is 5.44. The number of halogens is 2. The molecule has 5 rings (SSSR count). The first-order valence-electron chi connectivity index (χ1n) is 10.5. The third-order valence-electron chi connectivity index (χ3n) is 6.33. The second-order valence-electron chi connectivity index (χ2n) is 8.43. The van der Waals surface area contributed by atoms with E-state index >= 15 is 0 Å². The molecule has 0 bridgehead atoms. The van der Waals surface area contributed by atoms with Crippen molar-refractivity contribution in [3.05, 3.63) is 69.2 Å². The van der Waals surface area contributed by atoms with Crippen LogP contribution in [-0.4, -0.2) is 44.8 Å². The predicted molar refractivity (Wildman–Crippen MR) is 122 cm³/mol. The average molecular weight is 458 g/mol. The molecule has 1 fully saturated rings. The Hall–Kier alpha value is -2.12. The Morgan fingerprint density at radius 2 is 1.77 bits per heavy atom. The maximum Gasteiger partial charge on any atom is 0.140 e. The molecule has 0 unspecified atom stereocenters. The standard InChI is InChI=1S/C23H25Cl2N5O/c1-13-27-28-14(2)30(13)17-3-5-18(6-4-17)31-23-20-9-15(24)10-21(25)19(20)11-22(23)29-8-7-16(26)12-29/h3-6,9-10,16,22-23H,7-8,11-12,26H2,1-2H3/t16-,22-,23+/m0/s1. The number of likely N-dealkylation sites (tertiary alicyclic amines) is 1. The highest BCUT2D eigenvalue weighted by molar-refractivity contribution is 6.35. The number of rotatable bonds is 4. The first-order chi connectivity index (χ1) is 14.9. The molecular weight excluding hydrogens is 433 g/mol. The van der Waals surface area contributed by atoms with E-state index in [4.69, 9.17) is 33.7 Å². The average Bonchev–Trinajstić information content (AvgIpc) is 3.41. The lowest BCUT2D eigenvalue weighted by atomic mass is 10.1. The van der Waals surface area contributed by atoms with Crippen LogP contribution in [0.5, 0.6) is 5.75 Å². The number of fused-ring (bicyclic) bond motifs is 1. The topological polar surface area (TPSA) is 69.2 Å². The van der Waals surface area contributed by atoms with Gasteiger partial charge in [0.2, 0.25) is 0 Å². The van der Waals surface area contributed by atoms with Gasteiger partial charge in [0.1, 0.15) is 23.5 Å². The SMILES string of the molecule is Cc1nnc(C)n1-c1ccc(O[C@@H]2c3cc(Cl)cc(Cl)c3C[C@@H]2N2CC[C@H](N)C2)cc1. The van der Waals surface area contributed by atoms with Gasteiger partial charge in [-0.15, -0.1) is 10.2 Å². The normalized spacial score (nSPS) is 23.3. The van der Waals surface area contributed by atoms with Gasteiger partial charge >= 0.3 is 0 Å². The number of benzene rings is 2. The molecule has 0 spiro atoms. The summed E-state index contributed by atoms with van der Waals surface area (Å²) >= 11 is 12.9. The second kappa shape index (κ2) is 8.10. The Morgan fingerprint density at radius 1 is 1.06 bits per heavy atom. The smallest absolute Gasteiger partial charge is 0.140 e. The van der Waals surface area contributed by atoms with Crippen LogP contribution in [0, 0.1) is 13.8 Å². The van der Waals surface area contributed by atoms with E-state index in [1.54, 1.807) is 0 Å². The van der Waals surface area contributed by atoms with Crippen LogP contribution in [0.3, 0.4) is 0 Å². The summed E-state index contributed by atoms with van der Waals surface area (Å²) in [5.74, 6) is 2.51. The quantitative estimate of drug-likeness (QED) is 0.633. The van der Waals surface area contributed by atoms with Crippen LogP contribution in [0.1, 0.15) is 35.3 Å². The van der Waals surface area contributed by atoms with Crippen molar-refractivity contribution in [2.24, 2.45) is 5.73 Å². The third kappa shape index (κ3) is 3.82. The molecular formula is C23H25Cl2N5O. The summed E-state index contributed by atoms with van der Waals surface area (Å²) in [7, 11) is 0. The summed E-state index contributed by atoms with van der Waals surface area (Å²) in [6, 6.07) is 12.2. The van der Waals surface area contributed by atoms with Crippen LogP contribution in [0.25, 0.3) is 5.69 Å². The van der Waals surface area contributed by atoms with E-state index in [1.165, 1.54) is 0 Å². The number of hydrogen-bond acceptors (Lipinski definition) is 5. The summed E-state index contributed by atoms with van der Waals surface area (Å²) in [4.78, 5) is 2.43. The molecule has 1 aromatic heterocycles. The minimum absolute atomic E-state index is 0.152. The van der Waals surface area contributed by atoms with Crippen molar-refractivity contribution < 1.29 is 4.74 Å². The summed E-state index contributed by atoms with van der Waals surface area (Å²) in [6.45, 7) is 5.72. The van der Waals surface area contributed by atoms with E-state index < -0.39 is 0 Å². The van der Waals surface area contributed by atoms with Crippen molar-refractivity contribution in [1.29, 1.82) is 0 Å². The van der Waals surface area contributed by atoms with Crippen molar-refractivity contribution in [1.82, 2.24) is 19.7 Å². The van der Waals surface area contributed by atoms with Gasteiger partial charge in [-0.3, -0.25) is 9.47 Å². The monoisotopic (exact) mass is 457 g/mol. The molecule has 0 saturated carbocycles. The second-order valence-corrected chi connectivity index (χ2v) is 9.28. The molecule has 2 aliphatic rings. The fourth-order valence-electron chi connectivity index (χ4n) is 4.86.